The zero-order chi connectivity index (χ0) is 15.5. The van der Waals surface area contributed by atoms with Crippen molar-refractivity contribution in [2.75, 3.05) is 10.8 Å². The molecule has 21 heavy (non-hydrogen) atoms. The summed E-state index contributed by atoms with van der Waals surface area (Å²) in [5.41, 5.74) is 1.43. The van der Waals surface area contributed by atoms with Crippen LogP contribution in [0.4, 0.5) is 5.69 Å². The van der Waals surface area contributed by atoms with Crippen molar-refractivity contribution in [3.8, 4) is 0 Å². The van der Waals surface area contributed by atoms with Crippen molar-refractivity contribution in [1.82, 2.24) is 0 Å². The van der Waals surface area contributed by atoms with Crippen LogP contribution in [0, 0.1) is 6.92 Å². The van der Waals surface area contributed by atoms with Gasteiger partial charge >= 0.3 is 0 Å². The van der Waals surface area contributed by atoms with Crippen LogP contribution in [-0.4, -0.2) is 15.0 Å². The molecule has 110 valence electrons. The van der Waals surface area contributed by atoms with Gasteiger partial charge < -0.3 is 0 Å². The highest BCUT2D eigenvalue weighted by atomic mass is 35.5. The quantitative estimate of drug-likeness (QED) is 0.780. The van der Waals surface area contributed by atoms with Crippen LogP contribution in [0.1, 0.15) is 5.56 Å². The third-order valence-corrected chi connectivity index (χ3v) is 5.27. The number of sulfonamides is 1. The van der Waals surface area contributed by atoms with E-state index in [0.29, 0.717) is 10.7 Å². The average Bonchev–Trinajstić information content (AvgIpc) is 2.48. The molecule has 0 aliphatic heterocycles. The van der Waals surface area contributed by atoms with E-state index in [1.54, 1.807) is 42.5 Å². The van der Waals surface area contributed by atoms with E-state index in [2.05, 4.69) is 6.58 Å². The first kappa shape index (κ1) is 15.6. The van der Waals surface area contributed by atoms with Gasteiger partial charge in [-0.2, -0.15) is 0 Å². The zero-order valence-corrected chi connectivity index (χ0v) is 13.2. The lowest BCUT2D eigenvalue weighted by Gasteiger charge is -2.23. The van der Waals surface area contributed by atoms with Crippen molar-refractivity contribution in [3.63, 3.8) is 0 Å². The Bertz CT molecular complexity index is 742. The Labute approximate surface area is 130 Å². The largest absolute Gasteiger partial charge is 0.264 e. The summed E-state index contributed by atoms with van der Waals surface area (Å²) in [6.45, 7) is 5.66. The molecule has 2 aromatic rings. The van der Waals surface area contributed by atoms with Crippen LogP contribution in [0.3, 0.4) is 0 Å². The number of hydrogen-bond acceptors (Lipinski definition) is 2. The second kappa shape index (κ2) is 6.33. The minimum absolute atomic E-state index is 0.170. The van der Waals surface area contributed by atoms with Gasteiger partial charge in [-0.3, -0.25) is 4.31 Å². The summed E-state index contributed by atoms with van der Waals surface area (Å²) in [6.07, 6.45) is 1.56. The number of halogens is 1. The van der Waals surface area contributed by atoms with E-state index >= 15 is 0 Å². The normalized spacial score (nSPS) is 11.1. The van der Waals surface area contributed by atoms with Gasteiger partial charge in [-0.15, -0.1) is 6.58 Å². The molecule has 0 atom stereocenters. The van der Waals surface area contributed by atoms with E-state index in [1.807, 2.05) is 13.0 Å². The Morgan fingerprint density at radius 2 is 1.86 bits per heavy atom. The molecule has 0 bridgehead atoms. The smallest absolute Gasteiger partial charge is 0.263 e. The first-order chi connectivity index (χ1) is 9.96. The maximum absolute atomic E-state index is 12.8. The zero-order valence-electron chi connectivity index (χ0n) is 11.7. The lowest BCUT2D eigenvalue weighted by molar-refractivity contribution is 0.593. The Morgan fingerprint density at radius 1 is 1.19 bits per heavy atom. The minimum atomic E-state index is -3.68. The summed E-state index contributed by atoms with van der Waals surface area (Å²) < 4.78 is 26.9. The first-order valence-corrected chi connectivity index (χ1v) is 8.23. The first-order valence-electron chi connectivity index (χ1n) is 6.41. The van der Waals surface area contributed by atoms with E-state index < -0.39 is 10.0 Å². The van der Waals surface area contributed by atoms with Crippen LogP contribution in [0.15, 0.2) is 66.1 Å². The lowest BCUT2D eigenvalue weighted by Crippen LogP contribution is -2.31. The van der Waals surface area contributed by atoms with Crippen LogP contribution in [0.2, 0.25) is 5.02 Å². The fourth-order valence-corrected chi connectivity index (χ4v) is 3.62. The van der Waals surface area contributed by atoms with Gasteiger partial charge in [-0.05, 0) is 36.8 Å². The van der Waals surface area contributed by atoms with Crippen LogP contribution >= 0.6 is 11.6 Å². The molecule has 0 N–H and O–H groups in total. The molecular formula is C16H16ClNO2S. The molecule has 0 radical (unpaired) electrons. The number of benzene rings is 2. The van der Waals surface area contributed by atoms with Crippen molar-refractivity contribution < 1.29 is 8.42 Å². The Balaban J connectivity index is 2.52. The Kier molecular flexibility index (Phi) is 4.70. The van der Waals surface area contributed by atoms with E-state index in [1.165, 1.54) is 10.4 Å². The van der Waals surface area contributed by atoms with E-state index in [-0.39, 0.29) is 11.4 Å². The number of para-hydroxylation sites is 1. The summed E-state index contributed by atoms with van der Waals surface area (Å²) >= 11 is 6.04. The summed E-state index contributed by atoms with van der Waals surface area (Å²) in [4.78, 5) is 0.170. The lowest BCUT2D eigenvalue weighted by atomic mass is 10.2. The number of nitrogens with zero attached hydrogens (tertiary/aromatic N) is 1. The number of rotatable bonds is 5. The predicted molar refractivity (Wildman–Crippen MR) is 87.4 cm³/mol. The molecule has 0 saturated carbocycles. The maximum Gasteiger partial charge on any atom is 0.264 e. The van der Waals surface area contributed by atoms with Crippen molar-refractivity contribution in [3.05, 3.63) is 71.8 Å². The SMILES string of the molecule is C=CCN(c1ccccc1)S(=O)(=O)c1ccc(C)c(Cl)c1. The Hall–Kier alpha value is -1.78. The van der Waals surface area contributed by atoms with Crippen LogP contribution in [-0.2, 0) is 10.0 Å². The third kappa shape index (κ3) is 3.28. The molecule has 2 rings (SSSR count). The van der Waals surface area contributed by atoms with Crippen LogP contribution in [0.5, 0.6) is 0 Å². The third-order valence-electron chi connectivity index (χ3n) is 3.07. The second-order valence-electron chi connectivity index (χ2n) is 4.57. The molecule has 0 spiro atoms. The topological polar surface area (TPSA) is 37.4 Å². The fraction of sp³-hybridized carbons (Fsp3) is 0.125. The molecule has 0 saturated heterocycles. The number of hydrogen-bond donors (Lipinski definition) is 0. The van der Waals surface area contributed by atoms with E-state index in [0.717, 1.165) is 5.56 Å². The summed E-state index contributed by atoms with van der Waals surface area (Å²) in [6, 6.07) is 13.7. The summed E-state index contributed by atoms with van der Waals surface area (Å²) in [5, 5.41) is 0.433. The molecule has 0 aliphatic carbocycles. The molecule has 0 fully saturated rings. The van der Waals surface area contributed by atoms with Gasteiger partial charge in [0.05, 0.1) is 17.1 Å². The highest BCUT2D eigenvalue weighted by Crippen LogP contribution is 2.26. The van der Waals surface area contributed by atoms with Gasteiger partial charge in [0.15, 0.2) is 0 Å². The molecule has 0 unspecified atom stereocenters. The van der Waals surface area contributed by atoms with Crippen LogP contribution < -0.4 is 4.31 Å². The van der Waals surface area contributed by atoms with Crippen molar-refractivity contribution in [2.45, 2.75) is 11.8 Å². The van der Waals surface area contributed by atoms with Gasteiger partial charge in [0, 0.05) is 5.02 Å². The van der Waals surface area contributed by atoms with Crippen LogP contribution in [0.25, 0.3) is 0 Å². The summed E-state index contributed by atoms with van der Waals surface area (Å²) in [7, 11) is -3.68. The van der Waals surface area contributed by atoms with Gasteiger partial charge in [-0.25, -0.2) is 8.42 Å². The molecular weight excluding hydrogens is 306 g/mol. The van der Waals surface area contributed by atoms with Crippen molar-refractivity contribution >= 4 is 27.3 Å². The molecule has 0 aliphatic rings. The van der Waals surface area contributed by atoms with Crippen molar-refractivity contribution in [2.24, 2.45) is 0 Å². The van der Waals surface area contributed by atoms with Gasteiger partial charge in [0.1, 0.15) is 0 Å². The van der Waals surface area contributed by atoms with Gasteiger partial charge in [0.2, 0.25) is 0 Å². The fourth-order valence-electron chi connectivity index (χ4n) is 1.92. The monoisotopic (exact) mass is 321 g/mol. The molecule has 3 nitrogen and oxygen atoms in total. The average molecular weight is 322 g/mol. The Morgan fingerprint density at radius 3 is 2.43 bits per heavy atom. The molecule has 5 heteroatoms. The molecule has 0 amide bonds. The molecule has 2 aromatic carbocycles. The van der Waals surface area contributed by atoms with Crippen molar-refractivity contribution in [1.29, 1.82) is 0 Å². The van der Waals surface area contributed by atoms with Gasteiger partial charge in [0.25, 0.3) is 10.0 Å². The number of aryl methyl sites for hydroxylation is 1. The maximum atomic E-state index is 12.8. The highest BCUT2D eigenvalue weighted by molar-refractivity contribution is 7.92. The van der Waals surface area contributed by atoms with E-state index in [4.69, 9.17) is 11.6 Å². The van der Waals surface area contributed by atoms with Gasteiger partial charge in [-0.1, -0.05) is 41.9 Å². The molecule has 0 aromatic heterocycles. The predicted octanol–water partition coefficient (Wildman–Crippen LogP) is 4.03. The highest BCUT2D eigenvalue weighted by Gasteiger charge is 2.24. The molecule has 0 heterocycles. The minimum Gasteiger partial charge on any atom is -0.263 e. The summed E-state index contributed by atoms with van der Waals surface area (Å²) in [5.74, 6) is 0. The number of anilines is 1. The standard InChI is InChI=1S/C16H16ClNO2S/c1-3-11-18(14-7-5-4-6-8-14)21(19,20)15-10-9-13(2)16(17)12-15/h3-10,12H,1,11H2,2H3. The second-order valence-corrected chi connectivity index (χ2v) is 6.84. The van der Waals surface area contributed by atoms with E-state index in [9.17, 15) is 8.42 Å².